The fourth-order valence-electron chi connectivity index (χ4n) is 0. The SMILES string of the molecule is CC(Br)(Br)C(=O)F. The van der Waals surface area contributed by atoms with Crippen LogP contribution in [0.2, 0.25) is 0 Å². The average Bonchev–Trinajstić information content (AvgIpc) is 1.31. The van der Waals surface area contributed by atoms with Crippen LogP contribution in [0.1, 0.15) is 6.92 Å². The molecule has 0 amide bonds. The van der Waals surface area contributed by atoms with Gasteiger partial charge in [-0.2, -0.15) is 4.39 Å². The maximum absolute atomic E-state index is 11.5. The van der Waals surface area contributed by atoms with Crippen molar-refractivity contribution in [1.82, 2.24) is 0 Å². The summed E-state index contributed by atoms with van der Waals surface area (Å²) in [7, 11) is 0. The largest absolute Gasteiger partial charge is 0.328 e. The highest BCUT2D eigenvalue weighted by Crippen LogP contribution is 2.26. The molecule has 0 aliphatic heterocycles. The van der Waals surface area contributed by atoms with Gasteiger partial charge in [0.05, 0.1) is 0 Å². The third-order valence-electron chi connectivity index (χ3n) is 0.345. The van der Waals surface area contributed by atoms with E-state index in [1.807, 2.05) is 0 Å². The van der Waals surface area contributed by atoms with Crippen LogP contribution in [-0.4, -0.2) is 9.27 Å². The molecule has 0 bridgehead atoms. The molecular weight excluding hydrogens is 231 g/mol. The summed E-state index contributed by atoms with van der Waals surface area (Å²) in [4.78, 5) is 9.70. The van der Waals surface area contributed by atoms with E-state index < -0.39 is 9.27 Å². The average molecular weight is 234 g/mol. The molecule has 1 nitrogen and oxygen atoms in total. The first-order valence-corrected chi connectivity index (χ1v) is 3.11. The molecule has 0 unspecified atom stereocenters. The van der Waals surface area contributed by atoms with E-state index in [9.17, 15) is 9.18 Å². The van der Waals surface area contributed by atoms with Gasteiger partial charge in [-0.3, -0.25) is 4.79 Å². The van der Waals surface area contributed by atoms with Crippen LogP contribution < -0.4 is 0 Å². The van der Waals surface area contributed by atoms with E-state index in [0.717, 1.165) is 0 Å². The lowest BCUT2D eigenvalue weighted by Crippen LogP contribution is -2.14. The first-order valence-electron chi connectivity index (χ1n) is 1.52. The lowest BCUT2D eigenvalue weighted by atomic mass is 10.5. The summed E-state index contributed by atoms with van der Waals surface area (Å²) in [6.45, 7) is 1.37. The molecule has 0 rings (SSSR count). The topological polar surface area (TPSA) is 17.1 Å². The summed E-state index contributed by atoms with van der Waals surface area (Å²) in [6.07, 6.45) is 0. The van der Waals surface area contributed by atoms with Gasteiger partial charge in [-0.15, -0.1) is 0 Å². The fraction of sp³-hybridized carbons (Fsp3) is 0.667. The van der Waals surface area contributed by atoms with Crippen molar-refractivity contribution in [2.24, 2.45) is 0 Å². The van der Waals surface area contributed by atoms with Gasteiger partial charge in [0.2, 0.25) is 0 Å². The predicted octanol–water partition coefficient (Wildman–Crippen LogP) is 1.99. The van der Waals surface area contributed by atoms with Gasteiger partial charge in [-0.1, -0.05) is 31.9 Å². The highest BCUT2D eigenvalue weighted by Gasteiger charge is 2.25. The summed E-state index contributed by atoms with van der Waals surface area (Å²) in [6, 6.07) is -1.42. The minimum Gasteiger partial charge on any atom is -0.259 e. The molecular formula is C3H3Br2FO. The number of rotatable bonds is 1. The normalized spacial score (nSPS) is 11.4. The van der Waals surface area contributed by atoms with Crippen molar-refractivity contribution in [3.63, 3.8) is 0 Å². The van der Waals surface area contributed by atoms with Gasteiger partial charge >= 0.3 is 6.04 Å². The van der Waals surface area contributed by atoms with Crippen molar-refractivity contribution in [2.45, 2.75) is 10.2 Å². The van der Waals surface area contributed by atoms with E-state index in [4.69, 9.17) is 0 Å². The maximum atomic E-state index is 11.5. The lowest BCUT2D eigenvalue weighted by Gasteiger charge is -2.02. The van der Waals surface area contributed by atoms with Crippen LogP contribution in [0.15, 0.2) is 0 Å². The molecule has 0 saturated heterocycles. The zero-order valence-corrected chi connectivity index (χ0v) is 6.71. The zero-order chi connectivity index (χ0) is 6.08. The second-order valence-corrected chi connectivity index (χ2v) is 5.40. The molecule has 0 aromatic carbocycles. The summed E-state index contributed by atoms with van der Waals surface area (Å²) >= 11 is 5.47. The van der Waals surface area contributed by atoms with Crippen molar-refractivity contribution in [2.75, 3.05) is 0 Å². The van der Waals surface area contributed by atoms with Crippen molar-refractivity contribution in [3.8, 4) is 0 Å². The van der Waals surface area contributed by atoms with Gasteiger partial charge in [0, 0.05) is 0 Å². The minimum atomic E-state index is -1.42. The molecule has 42 valence electrons. The van der Waals surface area contributed by atoms with Crippen molar-refractivity contribution in [1.29, 1.82) is 0 Å². The Hall–Kier alpha value is 0.560. The van der Waals surface area contributed by atoms with Crippen LogP contribution in [0.4, 0.5) is 4.39 Å². The Morgan fingerprint density at radius 1 is 1.71 bits per heavy atom. The van der Waals surface area contributed by atoms with Crippen molar-refractivity contribution in [3.05, 3.63) is 0 Å². The van der Waals surface area contributed by atoms with Gasteiger partial charge < -0.3 is 0 Å². The minimum absolute atomic E-state index is 1.18. The van der Waals surface area contributed by atoms with E-state index in [-0.39, 0.29) is 0 Å². The molecule has 0 aliphatic rings. The number of alkyl halides is 2. The Kier molecular flexibility index (Phi) is 2.40. The molecule has 0 heterocycles. The Morgan fingerprint density at radius 3 is 1.86 bits per heavy atom. The number of carbonyl (C=O) groups excluding carboxylic acids is 1. The first-order chi connectivity index (χ1) is 2.94. The summed E-state index contributed by atoms with van der Waals surface area (Å²) in [5.41, 5.74) is 0. The predicted molar refractivity (Wildman–Crippen MR) is 32.4 cm³/mol. The number of hydrogen-bond acceptors (Lipinski definition) is 1. The fourth-order valence-corrected chi connectivity index (χ4v) is 0. The second kappa shape index (κ2) is 2.22. The van der Waals surface area contributed by atoms with Crippen molar-refractivity contribution >= 4 is 37.9 Å². The Balaban J connectivity index is 3.79. The van der Waals surface area contributed by atoms with Gasteiger partial charge in [0.15, 0.2) is 3.23 Å². The second-order valence-electron chi connectivity index (χ2n) is 1.16. The molecule has 0 saturated carbocycles. The number of carbonyl (C=O) groups is 1. The molecule has 0 aromatic rings. The smallest absolute Gasteiger partial charge is 0.259 e. The van der Waals surface area contributed by atoms with Gasteiger partial charge in [-0.25, -0.2) is 0 Å². The molecule has 7 heavy (non-hydrogen) atoms. The molecule has 0 radical (unpaired) electrons. The van der Waals surface area contributed by atoms with E-state index in [1.165, 1.54) is 6.92 Å². The van der Waals surface area contributed by atoms with Crippen LogP contribution in [-0.2, 0) is 4.79 Å². The Morgan fingerprint density at radius 2 is 1.86 bits per heavy atom. The van der Waals surface area contributed by atoms with Crippen LogP contribution in [0, 0.1) is 0 Å². The number of hydrogen-bond donors (Lipinski definition) is 0. The van der Waals surface area contributed by atoms with Crippen LogP contribution in [0.3, 0.4) is 0 Å². The molecule has 0 aliphatic carbocycles. The van der Waals surface area contributed by atoms with Gasteiger partial charge in [0.1, 0.15) is 0 Å². The maximum Gasteiger partial charge on any atom is 0.328 e. The van der Waals surface area contributed by atoms with Crippen LogP contribution >= 0.6 is 31.9 Å². The molecule has 0 aromatic heterocycles. The summed E-state index contributed by atoms with van der Waals surface area (Å²) in [5, 5.41) is 0. The third-order valence-corrected chi connectivity index (χ3v) is 0.969. The summed E-state index contributed by atoms with van der Waals surface area (Å²) < 4.78 is 10.3. The summed E-state index contributed by atoms with van der Waals surface area (Å²) in [5.74, 6) is 0. The van der Waals surface area contributed by atoms with Crippen molar-refractivity contribution < 1.29 is 9.18 Å². The molecule has 0 fully saturated rings. The molecule has 0 spiro atoms. The standard InChI is InChI=1S/C3H3Br2FO/c1-3(4,5)2(6)7/h1H3. The Bertz CT molecular complexity index is 85.4. The van der Waals surface area contributed by atoms with Crippen LogP contribution in [0.25, 0.3) is 0 Å². The molecule has 4 heteroatoms. The van der Waals surface area contributed by atoms with Gasteiger partial charge in [-0.05, 0) is 6.92 Å². The molecule has 0 atom stereocenters. The highest BCUT2D eigenvalue weighted by atomic mass is 79.9. The van der Waals surface area contributed by atoms with E-state index in [1.54, 1.807) is 0 Å². The quantitative estimate of drug-likeness (QED) is 0.500. The lowest BCUT2D eigenvalue weighted by molar-refractivity contribution is -0.128. The first kappa shape index (κ1) is 7.56. The van der Waals surface area contributed by atoms with Crippen LogP contribution in [0.5, 0.6) is 0 Å². The third kappa shape index (κ3) is 3.17. The van der Waals surface area contributed by atoms with E-state index >= 15 is 0 Å². The number of halogens is 3. The monoisotopic (exact) mass is 232 g/mol. The Labute approximate surface area is 57.5 Å². The van der Waals surface area contributed by atoms with E-state index in [2.05, 4.69) is 31.9 Å². The molecule has 0 N–H and O–H groups in total. The highest BCUT2D eigenvalue weighted by molar-refractivity contribution is 9.25. The zero-order valence-electron chi connectivity index (χ0n) is 3.54. The van der Waals surface area contributed by atoms with E-state index in [0.29, 0.717) is 0 Å². The van der Waals surface area contributed by atoms with Gasteiger partial charge in [0.25, 0.3) is 0 Å².